The van der Waals surface area contributed by atoms with Gasteiger partial charge >= 0.3 is 0 Å². The maximum Gasteiger partial charge on any atom is 0.0435 e. The Morgan fingerprint density at radius 3 is 2.41 bits per heavy atom. The summed E-state index contributed by atoms with van der Waals surface area (Å²) in [7, 11) is 0. The molecule has 0 bridgehead atoms. The van der Waals surface area contributed by atoms with Crippen LogP contribution in [0.2, 0.25) is 0 Å². The maximum atomic E-state index is 2.74. The zero-order valence-electron chi connectivity index (χ0n) is 19.1. The van der Waals surface area contributed by atoms with Crippen molar-refractivity contribution >= 4 is 16.5 Å². The van der Waals surface area contributed by atoms with Crippen LogP contribution in [-0.2, 0) is 6.42 Å². The molecule has 0 aromatic heterocycles. The van der Waals surface area contributed by atoms with Gasteiger partial charge in [0.1, 0.15) is 0 Å². The molecule has 0 saturated carbocycles. The van der Waals surface area contributed by atoms with E-state index in [1.807, 2.05) is 0 Å². The SMILES string of the molecule is CCc1cccc(C)c1N1[C@@H](C)C(c2c(C)ccc3ccc(C)cc23)CC1(C)C. The molecule has 1 unspecified atom stereocenters. The molecule has 0 radical (unpaired) electrons. The maximum absolute atomic E-state index is 2.74. The van der Waals surface area contributed by atoms with Crippen molar-refractivity contribution < 1.29 is 0 Å². The smallest absolute Gasteiger partial charge is 0.0435 e. The molecule has 3 aromatic carbocycles. The fourth-order valence-electron chi connectivity index (χ4n) is 5.80. The predicted octanol–water partition coefficient (Wildman–Crippen LogP) is 7.49. The number of hydrogen-bond donors (Lipinski definition) is 0. The minimum Gasteiger partial charge on any atom is -0.363 e. The molecular formula is C28H35N. The van der Waals surface area contributed by atoms with Gasteiger partial charge in [-0.2, -0.15) is 0 Å². The van der Waals surface area contributed by atoms with Gasteiger partial charge in [0.15, 0.2) is 0 Å². The topological polar surface area (TPSA) is 3.24 Å². The number of rotatable bonds is 3. The van der Waals surface area contributed by atoms with Gasteiger partial charge in [0.2, 0.25) is 0 Å². The summed E-state index contributed by atoms with van der Waals surface area (Å²) in [5, 5.41) is 2.81. The van der Waals surface area contributed by atoms with Gasteiger partial charge in [-0.1, -0.05) is 61.0 Å². The van der Waals surface area contributed by atoms with Crippen molar-refractivity contribution in [3.05, 3.63) is 76.3 Å². The fraction of sp³-hybridized carbons (Fsp3) is 0.429. The number of hydrogen-bond acceptors (Lipinski definition) is 1. The van der Waals surface area contributed by atoms with Crippen LogP contribution in [0, 0.1) is 20.8 Å². The van der Waals surface area contributed by atoms with Gasteiger partial charge in [0, 0.05) is 23.2 Å². The van der Waals surface area contributed by atoms with E-state index in [1.54, 1.807) is 5.56 Å². The van der Waals surface area contributed by atoms with Crippen LogP contribution >= 0.6 is 0 Å². The molecule has 0 aliphatic carbocycles. The minimum absolute atomic E-state index is 0.124. The Balaban J connectivity index is 1.89. The van der Waals surface area contributed by atoms with E-state index < -0.39 is 0 Å². The summed E-state index contributed by atoms with van der Waals surface area (Å²) in [4.78, 5) is 2.74. The van der Waals surface area contributed by atoms with Crippen molar-refractivity contribution in [1.29, 1.82) is 0 Å². The molecule has 4 rings (SSSR count). The Bertz CT molecular complexity index is 1050. The van der Waals surface area contributed by atoms with Gasteiger partial charge in [-0.05, 0) is 87.4 Å². The lowest BCUT2D eigenvalue weighted by atomic mass is 9.83. The van der Waals surface area contributed by atoms with Crippen LogP contribution in [0.25, 0.3) is 10.8 Å². The van der Waals surface area contributed by atoms with E-state index in [2.05, 4.69) is 102 Å². The molecule has 1 aliphatic rings. The number of para-hydroxylation sites is 1. The summed E-state index contributed by atoms with van der Waals surface area (Å²) in [6.07, 6.45) is 2.26. The van der Waals surface area contributed by atoms with Crippen LogP contribution in [0.5, 0.6) is 0 Å². The van der Waals surface area contributed by atoms with Crippen LogP contribution < -0.4 is 4.90 Å². The summed E-state index contributed by atoms with van der Waals surface area (Å²) in [5.74, 6) is 0.528. The molecule has 1 fully saturated rings. The van der Waals surface area contributed by atoms with Crippen LogP contribution in [0.1, 0.15) is 67.9 Å². The predicted molar refractivity (Wildman–Crippen MR) is 127 cm³/mol. The lowest BCUT2D eigenvalue weighted by Gasteiger charge is -2.39. The number of benzene rings is 3. The zero-order valence-corrected chi connectivity index (χ0v) is 19.1. The third-order valence-corrected chi connectivity index (χ3v) is 7.11. The second kappa shape index (κ2) is 7.20. The molecule has 0 N–H and O–H groups in total. The summed E-state index contributed by atoms with van der Waals surface area (Å²) < 4.78 is 0. The minimum atomic E-state index is 0.124. The standard InChI is InChI=1S/C28H35N/c1-8-22-11-9-10-20(4)27(22)29-21(5)25(17-28(29,6)7)26-19(3)13-15-23-14-12-18(2)16-24(23)26/h9-16,21,25H,8,17H2,1-7H3/t21-,25?/m0/s1. The summed E-state index contributed by atoms with van der Waals surface area (Å²) in [6.45, 7) is 16.4. The van der Waals surface area contributed by atoms with Crippen LogP contribution in [0.15, 0.2) is 48.5 Å². The zero-order chi connectivity index (χ0) is 20.9. The highest BCUT2D eigenvalue weighted by molar-refractivity contribution is 5.88. The Morgan fingerprint density at radius 1 is 0.966 bits per heavy atom. The highest BCUT2D eigenvalue weighted by Crippen LogP contribution is 2.49. The molecule has 0 amide bonds. The first-order valence-corrected chi connectivity index (χ1v) is 11.1. The van der Waals surface area contributed by atoms with E-state index in [4.69, 9.17) is 0 Å². The molecule has 1 nitrogen and oxygen atoms in total. The van der Waals surface area contributed by atoms with E-state index in [1.165, 1.54) is 45.1 Å². The Morgan fingerprint density at radius 2 is 1.69 bits per heavy atom. The van der Waals surface area contributed by atoms with Crippen LogP contribution in [0.4, 0.5) is 5.69 Å². The Kier molecular flexibility index (Phi) is 4.97. The highest BCUT2D eigenvalue weighted by Gasteiger charge is 2.46. The second-order valence-electron chi connectivity index (χ2n) is 9.69. The first kappa shape index (κ1) is 20.0. The third kappa shape index (κ3) is 3.25. The molecule has 1 heteroatoms. The summed E-state index contributed by atoms with van der Waals surface area (Å²) in [6, 6.07) is 18.8. The highest BCUT2D eigenvalue weighted by atomic mass is 15.3. The molecule has 29 heavy (non-hydrogen) atoms. The van der Waals surface area contributed by atoms with Crippen molar-refractivity contribution in [3.63, 3.8) is 0 Å². The molecule has 152 valence electrons. The van der Waals surface area contributed by atoms with Gasteiger partial charge in [0.25, 0.3) is 0 Å². The average Bonchev–Trinajstić information content (AvgIpc) is 2.90. The summed E-state index contributed by atoms with van der Waals surface area (Å²) in [5.41, 5.74) is 8.78. The van der Waals surface area contributed by atoms with Crippen LogP contribution in [-0.4, -0.2) is 11.6 Å². The van der Waals surface area contributed by atoms with Gasteiger partial charge in [-0.25, -0.2) is 0 Å². The van der Waals surface area contributed by atoms with Crippen molar-refractivity contribution in [2.75, 3.05) is 4.90 Å². The lowest BCUT2D eigenvalue weighted by molar-refractivity contribution is 0.501. The Labute approximate surface area is 176 Å². The molecule has 1 heterocycles. The Hall–Kier alpha value is -2.28. The van der Waals surface area contributed by atoms with E-state index in [0.29, 0.717) is 12.0 Å². The molecule has 3 aromatic rings. The van der Waals surface area contributed by atoms with E-state index in [9.17, 15) is 0 Å². The van der Waals surface area contributed by atoms with Crippen molar-refractivity contribution in [1.82, 2.24) is 0 Å². The van der Waals surface area contributed by atoms with E-state index in [0.717, 1.165) is 6.42 Å². The first-order chi connectivity index (χ1) is 13.7. The normalized spacial score (nSPS) is 21.1. The molecule has 1 saturated heterocycles. The van der Waals surface area contributed by atoms with Gasteiger partial charge in [-0.15, -0.1) is 0 Å². The fourth-order valence-corrected chi connectivity index (χ4v) is 5.80. The van der Waals surface area contributed by atoms with Gasteiger partial charge in [0.05, 0.1) is 0 Å². The molecule has 1 aliphatic heterocycles. The van der Waals surface area contributed by atoms with Crippen molar-refractivity contribution in [2.45, 2.75) is 78.8 Å². The lowest BCUT2D eigenvalue weighted by Crippen LogP contribution is -2.43. The van der Waals surface area contributed by atoms with Gasteiger partial charge in [-0.3, -0.25) is 0 Å². The first-order valence-electron chi connectivity index (χ1n) is 11.1. The number of anilines is 1. The van der Waals surface area contributed by atoms with Gasteiger partial charge < -0.3 is 4.90 Å². The van der Waals surface area contributed by atoms with Crippen molar-refractivity contribution in [2.24, 2.45) is 0 Å². The largest absolute Gasteiger partial charge is 0.363 e. The quantitative estimate of drug-likeness (QED) is 0.451. The number of aryl methyl sites for hydroxylation is 4. The van der Waals surface area contributed by atoms with E-state index >= 15 is 0 Å². The average molecular weight is 386 g/mol. The monoisotopic (exact) mass is 385 g/mol. The second-order valence-corrected chi connectivity index (χ2v) is 9.69. The summed E-state index contributed by atoms with van der Waals surface area (Å²) >= 11 is 0. The molecule has 0 spiro atoms. The van der Waals surface area contributed by atoms with Crippen LogP contribution in [0.3, 0.4) is 0 Å². The molecule has 2 atom stereocenters. The van der Waals surface area contributed by atoms with Crippen molar-refractivity contribution in [3.8, 4) is 0 Å². The third-order valence-electron chi connectivity index (χ3n) is 7.11. The van der Waals surface area contributed by atoms with E-state index in [-0.39, 0.29) is 5.54 Å². The molecular weight excluding hydrogens is 350 g/mol. The number of nitrogens with zero attached hydrogens (tertiary/aromatic N) is 1. The number of fused-ring (bicyclic) bond motifs is 1.